The molecule has 2 unspecified atom stereocenters. The molecule has 1 aromatic carbocycles. The topological polar surface area (TPSA) is 23.6 Å². The van der Waals surface area contributed by atoms with E-state index in [1.165, 1.54) is 12.8 Å². The molecule has 2 bridgehead atoms. The van der Waals surface area contributed by atoms with Crippen LogP contribution in [0.1, 0.15) is 29.6 Å². The number of amides is 1. The lowest BCUT2D eigenvalue weighted by Crippen LogP contribution is -2.39. The Hall–Kier alpha value is -1.00. The first-order chi connectivity index (χ1) is 9.15. The lowest BCUT2D eigenvalue weighted by atomic mass is 10.1. The molecule has 0 radical (unpaired) electrons. The molecule has 2 heterocycles. The summed E-state index contributed by atoms with van der Waals surface area (Å²) in [5.41, 5.74) is 0.776. The van der Waals surface area contributed by atoms with Crippen LogP contribution in [0.3, 0.4) is 0 Å². The van der Waals surface area contributed by atoms with E-state index in [-0.39, 0.29) is 5.91 Å². The highest BCUT2D eigenvalue weighted by Crippen LogP contribution is 2.29. The second-order valence-corrected chi connectivity index (χ2v) is 6.15. The van der Waals surface area contributed by atoms with Crippen LogP contribution >= 0.6 is 12.6 Å². The molecule has 0 N–H and O–H groups in total. The number of carbonyl (C=O) groups excluding carboxylic acids is 1. The molecule has 19 heavy (non-hydrogen) atoms. The molecule has 0 saturated carbocycles. The van der Waals surface area contributed by atoms with Gasteiger partial charge in [-0.3, -0.25) is 9.69 Å². The third-order valence-electron chi connectivity index (χ3n) is 4.55. The SMILES string of the molecule is CN1C2CCC1CN(C(=O)c1ccc(S)cc1)CC2. The lowest BCUT2D eigenvalue weighted by Gasteiger charge is -2.25. The zero-order chi connectivity index (χ0) is 13.4. The maximum atomic E-state index is 12.5. The number of hydrogen-bond donors (Lipinski definition) is 1. The van der Waals surface area contributed by atoms with E-state index in [0.29, 0.717) is 12.1 Å². The number of rotatable bonds is 1. The van der Waals surface area contributed by atoms with Gasteiger partial charge in [0.1, 0.15) is 0 Å². The number of likely N-dealkylation sites (tertiary alicyclic amines) is 1. The minimum atomic E-state index is 0.161. The maximum Gasteiger partial charge on any atom is 0.253 e. The molecule has 0 aromatic heterocycles. The summed E-state index contributed by atoms with van der Waals surface area (Å²) in [6.07, 6.45) is 3.61. The van der Waals surface area contributed by atoms with E-state index in [2.05, 4.69) is 24.6 Å². The Morgan fingerprint density at radius 2 is 1.84 bits per heavy atom. The third kappa shape index (κ3) is 2.51. The molecule has 102 valence electrons. The predicted molar refractivity (Wildman–Crippen MR) is 78.8 cm³/mol. The molecule has 2 fully saturated rings. The molecule has 2 aliphatic rings. The van der Waals surface area contributed by atoms with Gasteiger partial charge in [-0.1, -0.05) is 0 Å². The average molecular weight is 276 g/mol. The average Bonchev–Trinajstić information content (AvgIpc) is 2.63. The minimum Gasteiger partial charge on any atom is -0.337 e. The Morgan fingerprint density at radius 3 is 2.58 bits per heavy atom. The largest absolute Gasteiger partial charge is 0.337 e. The first-order valence-corrected chi connectivity index (χ1v) is 7.40. The molecule has 2 saturated heterocycles. The summed E-state index contributed by atoms with van der Waals surface area (Å²) in [6, 6.07) is 8.72. The molecule has 2 atom stereocenters. The highest BCUT2D eigenvalue weighted by molar-refractivity contribution is 7.80. The Balaban J connectivity index is 1.75. The van der Waals surface area contributed by atoms with Crippen molar-refractivity contribution in [3.63, 3.8) is 0 Å². The highest BCUT2D eigenvalue weighted by Gasteiger charge is 2.36. The summed E-state index contributed by atoms with van der Waals surface area (Å²) >= 11 is 4.26. The standard InChI is InChI=1S/C15H20N2OS/c1-16-12-4-5-13(16)10-17(9-8-12)15(18)11-2-6-14(19)7-3-11/h2-3,6-7,12-13,19H,4-5,8-10H2,1H3. The molecular weight excluding hydrogens is 256 g/mol. The van der Waals surface area contributed by atoms with E-state index in [0.717, 1.165) is 30.0 Å². The Morgan fingerprint density at radius 1 is 1.16 bits per heavy atom. The van der Waals surface area contributed by atoms with Crippen molar-refractivity contribution in [2.75, 3.05) is 20.1 Å². The fourth-order valence-corrected chi connectivity index (χ4v) is 3.43. The fourth-order valence-electron chi connectivity index (χ4n) is 3.28. The molecule has 2 aliphatic heterocycles. The van der Waals surface area contributed by atoms with Crippen LogP contribution in [0, 0.1) is 0 Å². The summed E-state index contributed by atoms with van der Waals surface area (Å²) in [5, 5.41) is 0. The summed E-state index contributed by atoms with van der Waals surface area (Å²) < 4.78 is 0. The molecule has 4 heteroatoms. The number of thiol groups is 1. The number of likely N-dealkylation sites (N-methyl/N-ethyl adjacent to an activating group) is 1. The van der Waals surface area contributed by atoms with Crippen molar-refractivity contribution in [1.82, 2.24) is 9.80 Å². The Bertz CT molecular complexity index is 474. The van der Waals surface area contributed by atoms with Crippen LogP contribution in [0.2, 0.25) is 0 Å². The number of carbonyl (C=O) groups is 1. The summed E-state index contributed by atoms with van der Waals surface area (Å²) in [7, 11) is 2.20. The fraction of sp³-hybridized carbons (Fsp3) is 0.533. The van der Waals surface area contributed by atoms with Gasteiger partial charge in [-0.25, -0.2) is 0 Å². The lowest BCUT2D eigenvalue weighted by molar-refractivity contribution is 0.0740. The number of hydrogen-bond acceptors (Lipinski definition) is 3. The molecule has 0 aliphatic carbocycles. The van der Waals surface area contributed by atoms with Gasteiger partial charge >= 0.3 is 0 Å². The third-order valence-corrected chi connectivity index (χ3v) is 4.85. The Labute approximate surface area is 120 Å². The van der Waals surface area contributed by atoms with Gasteiger partial charge in [-0.05, 0) is 50.6 Å². The zero-order valence-corrected chi connectivity index (χ0v) is 12.1. The van der Waals surface area contributed by atoms with Crippen molar-refractivity contribution < 1.29 is 4.79 Å². The van der Waals surface area contributed by atoms with Crippen LogP contribution in [0.15, 0.2) is 29.2 Å². The molecule has 3 rings (SSSR count). The van der Waals surface area contributed by atoms with E-state index in [1.54, 1.807) is 0 Å². The number of fused-ring (bicyclic) bond motifs is 2. The van der Waals surface area contributed by atoms with Crippen molar-refractivity contribution in [3.8, 4) is 0 Å². The second kappa shape index (κ2) is 5.17. The summed E-state index contributed by atoms with van der Waals surface area (Å²) in [4.78, 5) is 17.9. The van der Waals surface area contributed by atoms with Gasteiger partial charge < -0.3 is 4.90 Å². The number of benzene rings is 1. The molecule has 1 amide bonds. The van der Waals surface area contributed by atoms with Crippen LogP contribution in [0.4, 0.5) is 0 Å². The van der Waals surface area contributed by atoms with Crippen molar-refractivity contribution in [3.05, 3.63) is 29.8 Å². The summed E-state index contributed by atoms with van der Waals surface area (Å²) in [5.74, 6) is 0.161. The van der Waals surface area contributed by atoms with Crippen molar-refractivity contribution in [2.24, 2.45) is 0 Å². The second-order valence-electron chi connectivity index (χ2n) is 5.64. The van der Waals surface area contributed by atoms with Crippen LogP contribution in [0.25, 0.3) is 0 Å². The van der Waals surface area contributed by atoms with Crippen molar-refractivity contribution in [2.45, 2.75) is 36.2 Å². The molecule has 1 aromatic rings. The molecule has 0 spiro atoms. The quantitative estimate of drug-likeness (QED) is 0.796. The van der Waals surface area contributed by atoms with Crippen LogP contribution in [-0.4, -0.2) is 47.9 Å². The normalized spacial score (nSPS) is 27.4. The van der Waals surface area contributed by atoms with Gasteiger partial charge in [0.15, 0.2) is 0 Å². The van der Waals surface area contributed by atoms with E-state index in [1.807, 2.05) is 29.2 Å². The molecular formula is C15H20N2OS. The van der Waals surface area contributed by atoms with Crippen molar-refractivity contribution in [1.29, 1.82) is 0 Å². The minimum absolute atomic E-state index is 0.161. The predicted octanol–water partition coefficient (Wildman–Crippen LogP) is 2.28. The monoisotopic (exact) mass is 276 g/mol. The molecule has 3 nitrogen and oxygen atoms in total. The van der Waals surface area contributed by atoms with Gasteiger partial charge in [-0.15, -0.1) is 12.6 Å². The van der Waals surface area contributed by atoms with E-state index >= 15 is 0 Å². The first-order valence-electron chi connectivity index (χ1n) is 6.95. The van der Waals surface area contributed by atoms with Gasteiger partial charge in [0.2, 0.25) is 0 Å². The van der Waals surface area contributed by atoms with Gasteiger partial charge in [0, 0.05) is 35.6 Å². The highest BCUT2D eigenvalue weighted by atomic mass is 32.1. The van der Waals surface area contributed by atoms with Crippen molar-refractivity contribution >= 4 is 18.5 Å². The smallest absolute Gasteiger partial charge is 0.253 e. The summed E-state index contributed by atoms with van der Waals surface area (Å²) in [6.45, 7) is 1.75. The van der Waals surface area contributed by atoms with E-state index < -0.39 is 0 Å². The van der Waals surface area contributed by atoms with Gasteiger partial charge in [-0.2, -0.15) is 0 Å². The van der Waals surface area contributed by atoms with Crippen LogP contribution in [0.5, 0.6) is 0 Å². The van der Waals surface area contributed by atoms with Crippen LogP contribution in [-0.2, 0) is 0 Å². The van der Waals surface area contributed by atoms with Gasteiger partial charge in [0.25, 0.3) is 5.91 Å². The number of nitrogens with zero attached hydrogens (tertiary/aromatic N) is 2. The van der Waals surface area contributed by atoms with Crippen LogP contribution < -0.4 is 0 Å². The van der Waals surface area contributed by atoms with E-state index in [4.69, 9.17) is 0 Å². The first kappa shape index (κ1) is 13.0. The Kier molecular flexibility index (Phi) is 3.54. The maximum absolute atomic E-state index is 12.5. The van der Waals surface area contributed by atoms with E-state index in [9.17, 15) is 4.79 Å². The van der Waals surface area contributed by atoms with Gasteiger partial charge in [0.05, 0.1) is 0 Å². The zero-order valence-electron chi connectivity index (χ0n) is 11.2.